The highest BCUT2D eigenvalue weighted by Crippen LogP contribution is 2.19. The van der Waals surface area contributed by atoms with E-state index in [-0.39, 0.29) is 42.7 Å². The van der Waals surface area contributed by atoms with E-state index in [2.05, 4.69) is 10.6 Å². The molecule has 2 amide bonds. The average molecular weight is 284 g/mol. The molecule has 1 rings (SSSR count). The number of rotatable bonds is 6. The van der Waals surface area contributed by atoms with Gasteiger partial charge in [-0.25, -0.2) is 0 Å². The van der Waals surface area contributed by atoms with Crippen LogP contribution in [0.1, 0.15) is 59.3 Å². The van der Waals surface area contributed by atoms with Gasteiger partial charge in [-0.1, -0.05) is 33.6 Å². The topological polar surface area (TPSA) is 78.4 Å². The Bertz CT molecular complexity index is 331. The van der Waals surface area contributed by atoms with Crippen molar-refractivity contribution >= 4 is 11.8 Å². The molecule has 116 valence electrons. The summed E-state index contributed by atoms with van der Waals surface area (Å²) in [5, 5.41) is 15.0. The maximum Gasteiger partial charge on any atom is 0.220 e. The molecule has 1 fully saturated rings. The van der Waals surface area contributed by atoms with E-state index in [1.807, 2.05) is 20.8 Å². The van der Waals surface area contributed by atoms with E-state index < -0.39 is 0 Å². The van der Waals surface area contributed by atoms with Crippen molar-refractivity contribution in [1.82, 2.24) is 10.6 Å². The molecule has 0 saturated heterocycles. The van der Waals surface area contributed by atoms with Gasteiger partial charge in [-0.15, -0.1) is 0 Å². The molecule has 1 atom stereocenters. The fourth-order valence-electron chi connectivity index (χ4n) is 2.40. The fraction of sp³-hybridized carbons (Fsp3) is 0.867. The molecule has 0 bridgehead atoms. The first kappa shape index (κ1) is 17.0. The summed E-state index contributed by atoms with van der Waals surface area (Å²) < 4.78 is 0. The lowest BCUT2D eigenvalue weighted by atomic mass is 9.87. The number of nitrogens with one attached hydrogen (secondary N) is 2. The summed E-state index contributed by atoms with van der Waals surface area (Å²) in [6, 6.07) is 0.0122. The second-order valence-electron chi connectivity index (χ2n) is 6.72. The van der Waals surface area contributed by atoms with Crippen LogP contribution in [-0.4, -0.2) is 35.6 Å². The van der Waals surface area contributed by atoms with Crippen molar-refractivity contribution in [1.29, 1.82) is 0 Å². The highest BCUT2D eigenvalue weighted by molar-refractivity contribution is 5.84. The molecule has 20 heavy (non-hydrogen) atoms. The summed E-state index contributed by atoms with van der Waals surface area (Å²) in [4.78, 5) is 23.5. The number of aliphatic hydroxyl groups is 1. The van der Waals surface area contributed by atoms with E-state index >= 15 is 0 Å². The fourth-order valence-corrected chi connectivity index (χ4v) is 2.40. The average Bonchev–Trinajstić information content (AvgIpc) is 2.84. The van der Waals surface area contributed by atoms with Crippen LogP contribution in [0, 0.1) is 5.41 Å². The van der Waals surface area contributed by atoms with Crippen molar-refractivity contribution in [3.8, 4) is 0 Å². The van der Waals surface area contributed by atoms with Crippen LogP contribution < -0.4 is 10.6 Å². The summed E-state index contributed by atoms with van der Waals surface area (Å²) >= 11 is 0. The van der Waals surface area contributed by atoms with Crippen molar-refractivity contribution in [2.75, 3.05) is 6.61 Å². The van der Waals surface area contributed by atoms with Crippen LogP contribution in [0.3, 0.4) is 0 Å². The standard InChI is InChI=1S/C15H28N2O3/c1-15(2,3)12(10-18)17-14(20)9-8-13(19)16-11-6-4-5-7-11/h11-12,18H,4-10H2,1-3H3,(H,16,19)(H,17,20)/t12-/m1/s1. The van der Waals surface area contributed by atoms with Gasteiger partial charge >= 0.3 is 0 Å². The molecule has 5 nitrogen and oxygen atoms in total. The summed E-state index contributed by atoms with van der Waals surface area (Å²) in [5.74, 6) is -0.232. The zero-order chi connectivity index (χ0) is 15.2. The quantitative estimate of drug-likeness (QED) is 0.689. The van der Waals surface area contributed by atoms with Crippen LogP contribution >= 0.6 is 0 Å². The molecule has 0 radical (unpaired) electrons. The third-order valence-electron chi connectivity index (χ3n) is 3.86. The highest BCUT2D eigenvalue weighted by atomic mass is 16.3. The molecule has 0 spiro atoms. The van der Waals surface area contributed by atoms with Crippen molar-refractivity contribution < 1.29 is 14.7 Å². The smallest absolute Gasteiger partial charge is 0.220 e. The van der Waals surface area contributed by atoms with E-state index in [1.165, 1.54) is 12.8 Å². The van der Waals surface area contributed by atoms with E-state index in [4.69, 9.17) is 0 Å². The SMILES string of the molecule is CC(C)(C)[C@@H](CO)NC(=O)CCC(=O)NC1CCCC1. The van der Waals surface area contributed by atoms with Crippen molar-refractivity contribution in [3.05, 3.63) is 0 Å². The van der Waals surface area contributed by atoms with Gasteiger partial charge in [0.25, 0.3) is 0 Å². The molecule has 0 aromatic rings. The summed E-state index contributed by atoms with van der Waals surface area (Å²) in [6.07, 6.45) is 4.84. The molecule has 1 aliphatic rings. The normalized spacial score (nSPS) is 17.8. The molecule has 0 aromatic carbocycles. The molecule has 0 heterocycles. The molecular weight excluding hydrogens is 256 g/mol. The van der Waals surface area contributed by atoms with Gasteiger partial charge in [0.15, 0.2) is 0 Å². The van der Waals surface area contributed by atoms with Gasteiger partial charge < -0.3 is 15.7 Å². The minimum Gasteiger partial charge on any atom is -0.394 e. The molecule has 1 aliphatic carbocycles. The van der Waals surface area contributed by atoms with E-state index in [0.29, 0.717) is 6.04 Å². The van der Waals surface area contributed by atoms with Crippen molar-refractivity contribution in [2.45, 2.75) is 71.4 Å². The first-order chi connectivity index (χ1) is 9.32. The Hall–Kier alpha value is -1.10. The largest absolute Gasteiger partial charge is 0.394 e. The zero-order valence-corrected chi connectivity index (χ0v) is 12.9. The predicted octanol–water partition coefficient (Wildman–Crippen LogP) is 1.35. The minimum absolute atomic E-state index is 0.0524. The van der Waals surface area contributed by atoms with E-state index in [1.54, 1.807) is 0 Å². The number of amides is 2. The second kappa shape index (κ2) is 7.62. The lowest BCUT2D eigenvalue weighted by Gasteiger charge is -2.29. The maximum atomic E-state index is 11.8. The summed E-state index contributed by atoms with van der Waals surface area (Å²) in [7, 11) is 0. The van der Waals surface area contributed by atoms with Crippen LogP contribution in [0.15, 0.2) is 0 Å². The van der Waals surface area contributed by atoms with Gasteiger partial charge in [0.05, 0.1) is 12.6 Å². The highest BCUT2D eigenvalue weighted by Gasteiger charge is 2.25. The van der Waals surface area contributed by atoms with Crippen LogP contribution in [0.2, 0.25) is 0 Å². The van der Waals surface area contributed by atoms with Crippen LogP contribution in [0.4, 0.5) is 0 Å². The van der Waals surface area contributed by atoms with Gasteiger partial charge in [0, 0.05) is 18.9 Å². The Kier molecular flexibility index (Phi) is 6.46. The minimum atomic E-state index is -0.284. The maximum absolute atomic E-state index is 11.8. The van der Waals surface area contributed by atoms with Crippen LogP contribution in [-0.2, 0) is 9.59 Å². The van der Waals surface area contributed by atoms with Gasteiger partial charge in [0.1, 0.15) is 0 Å². The van der Waals surface area contributed by atoms with Gasteiger partial charge in [0.2, 0.25) is 11.8 Å². The number of carbonyl (C=O) groups excluding carboxylic acids is 2. The monoisotopic (exact) mass is 284 g/mol. The van der Waals surface area contributed by atoms with Gasteiger partial charge in [-0.05, 0) is 18.3 Å². The number of hydrogen-bond donors (Lipinski definition) is 3. The Labute approximate surface area is 121 Å². The molecule has 0 aromatic heterocycles. The van der Waals surface area contributed by atoms with E-state index in [9.17, 15) is 14.7 Å². The lowest BCUT2D eigenvalue weighted by Crippen LogP contribution is -2.46. The Balaban J connectivity index is 2.26. The third-order valence-corrected chi connectivity index (χ3v) is 3.86. The molecule has 5 heteroatoms. The Morgan fingerprint density at radius 2 is 1.70 bits per heavy atom. The number of aliphatic hydroxyl groups excluding tert-OH is 1. The Morgan fingerprint density at radius 3 is 2.20 bits per heavy atom. The van der Waals surface area contributed by atoms with E-state index in [0.717, 1.165) is 12.8 Å². The van der Waals surface area contributed by atoms with Gasteiger partial charge in [-0.2, -0.15) is 0 Å². The second-order valence-corrected chi connectivity index (χ2v) is 6.72. The molecular formula is C15H28N2O3. The number of carbonyl (C=O) groups is 2. The number of hydrogen-bond acceptors (Lipinski definition) is 3. The Morgan fingerprint density at radius 1 is 1.15 bits per heavy atom. The summed E-state index contributed by atoms with van der Waals surface area (Å²) in [6.45, 7) is 5.78. The molecule has 3 N–H and O–H groups in total. The van der Waals surface area contributed by atoms with Crippen molar-refractivity contribution in [2.24, 2.45) is 5.41 Å². The van der Waals surface area contributed by atoms with Crippen molar-refractivity contribution in [3.63, 3.8) is 0 Å². The molecule has 1 saturated carbocycles. The first-order valence-electron chi connectivity index (χ1n) is 7.52. The van der Waals surface area contributed by atoms with Crippen LogP contribution in [0.5, 0.6) is 0 Å². The third kappa shape index (κ3) is 5.90. The molecule has 0 aliphatic heterocycles. The summed E-state index contributed by atoms with van der Waals surface area (Å²) in [5.41, 5.74) is -0.198. The zero-order valence-electron chi connectivity index (χ0n) is 12.9. The lowest BCUT2D eigenvalue weighted by molar-refractivity contribution is -0.127. The molecule has 0 unspecified atom stereocenters. The van der Waals surface area contributed by atoms with Crippen LogP contribution in [0.25, 0.3) is 0 Å². The van der Waals surface area contributed by atoms with Gasteiger partial charge in [-0.3, -0.25) is 9.59 Å². The predicted molar refractivity (Wildman–Crippen MR) is 78.1 cm³/mol. The first-order valence-corrected chi connectivity index (χ1v) is 7.52.